The van der Waals surface area contributed by atoms with Crippen molar-refractivity contribution in [1.82, 2.24) is 15.5 Å². The highest BCUT2D eigenvalue weighted by atomic mass is 32.1. The van der Waals surface area contributed by atoms with E-state index in [9.17, 15) is 4.79 Å². The van der Waals surface area contributed by atoms with Gasteiger partial charge in [0.05, 0.1) is 0 Å². The predicted molar refractivity (Wildman–Crippen MR) is 102 cm³/mol. The number of aliphatic imine (C=N–C) groups is 1. The monoisotopic (exact) mass is 350 g/mol. The van der Waals surface area contributed by atoms with E-state index in [0.29, 0.717) is 6.04 Å². The molecule has 134 valence electrons. The van der Waals surface area contributed by atoms with Crippen LogP contribution in [0.15, 0.2) is 17.1 Å². The molecule has 0 bridgehead atoms. The molecule has 5 nitrogen and oxygen atoms in total. The Balaban J connectivity index is 1.95. The van der Waals surface area contributed by atoms with Crippen LogP contribution in [-0.4, -0.2) is 49.5 Å². The van der Waals surface area contributed by atoms with Crippen LogP contribution in [0, 0.1) is 6.92 Å². The van der Waals surface area contributed by atoms with Gasteiger partial charge in [0.15, 0.2) is 5.96 Å². The van der Waals surface area contributed by atoms with Crippen LogP contribution in [0.1, 0.15) is 42.4 Å². The SMILES string of the molecule is Cc1ccc(CC(C)NC(=NCC(=O)N(C)C)NC2CCCC2)s1. The van der Waals surface area contributed by atoms with Crippen LogP contribution < -0.4 is 10.6 Å². The molecule has 1 amide bonds. The molecule has 2 N–H and O–H groups in total. The Morgan fingerprint density at radius 3 is 2.67 bits per heavy atom. The van der Waals surface area contributed by atoms with Crippen molar-refractivity contribution < 1.29 is 4.79 Å². The second-order valence-electron chi connectivity index (χ2n) is 6.84. The summed E-state index contributed by atoms with van der Waals surface area (Å²) in [4.78, 5) is 20.6. The van der Waals surface area contributed by atoms with E-state index in [2.05, 4.69) is 41.6 Å². The van der Waals surface area contributed by atoms with Crippen molar-refractivity contribution >= 4 is 23.2 Å². The second kappa shape index (κ2) is 9.06. The lowest BCUT2D eigenvalue weighted by Gasteiger charge is -2.21. The summed E-state index contributed by atoms with van der Waals surface area (Å²) in [5, 5.41) is 6.97. The quantitative estimate of drug-likeness (QED) is 0.612. The summed E-state index contributed by atoms with van der Waals surface area (Å²) >= 11 is 1.84. The fraction of sp³-hybridized carbons (Fsp3) is 0.667. The highest BCUT2D eigenvalue weighted by Crippen LogP contribution is 2.18. The van der Waals surface area contributed by atoms with E-state index in [1.807, 2.05) is 11.3 Å². The lowest BCUT2D eigenvalue weighted by Crippen LogP contribution is -2.47. The molecule has 6 heteroatoms. The Labute approximate surface area is 149 Å². The Kier molecular flexibility index (Phi) is 7.09. The third-order valence-electron chi connectivity index (χ3n) is 4.25. The number of aryl methyl sites for hydroxylation is 1. The molecule has 0 aliphatic heterocycles. The average molecular weight is 351 g/mol. The van der Waals surface area contributed by atoms with Gasteiger partial charge in [0.1, 0.15) is 6.54 Å². The molecular formula is C18H30N4OS. The van der Waals surface area contributed by atoms with E-state index in [-0.39, 0.29) is 18.5 Å². The number of rotatable bonds is 6. The molecule has 0 spiro atoms. The number of hydrogen-bond acceptors (Lipinski definition) is 3. The van der Waals surface area contributed by atoms with Crippen molar-refractivity contribution in [3.8, 4) is 0 Å². The predicted octanol–water partition coefficient (Wildman–Crippen LogP) is 2.55. The summed E-state index contributed by atoms with van der Waals surface area (Å²) in [6.07, 6.45) is 5.87. The van der Waals surface area contributed by atoms with Crippen molar-refractivity contribution in [1.29, 1.82) is 0 Å². The number of carbonyl (C=O) groups excluding carboxylic acids is 1. The molecule has 1 saturated carbocycles. The van der Waals surface area contributed by atoms with Gasteiger partial charge >= 0.3 is 0 Å². The third kappa shape index (κ3) is 6.15. The number of hydrogen-bond donors (Lipinski definition) is 2. The van der Waals surface area contributed by atoms with E-state index in [4.69, 9.17) is 0 Å². The fourth-order valence-electron chi connectivity index (χ4n) is 2.87. The summed E-state index contributed by atoms with van der Waals surface area (Å²) in [5.41, 5.74) is 0. The zero-order valence-corrected chi connectivity index (χ0v) is 16.1. The minimum atomic E-state index is 0.0176. The molecule has 1 aliphatic carbocycles. The molecule has 1 aromatic rings. The van der Waals surface area contributed by atoms with E-state index >= 15 is 0 Å². The normalized spacial score (nSPS) is 16.9. The van der Waals surface area contributed by atoms with Crippen molar-refractivity contribution in [2.75, 3.05) is 20.6 Å². The van der Waals surface area contributed by atoms with Gasteiger partial charge in [-0.1, -0.05) is 12.8 Å². The van der Waals surface area contributed by atoms with E-state index in [1.165, 1.54) is 35.4 Å². The molecule has 0 saturated heterocycles. The zero-order chi connectivity index (χ0) is 17.5. The molecular weight excluding hydrogens is 320 g/mol. The smallest absolute Gasteiger partial charge is 0.243 e. The maximum Gasteiger partial charge on any atom is 0.243 e. The van der Waals surface area contributed by atoms with Crippen molar-refractivity contribution in [3.63, 3.8) is 0 Å². The molecule has 1 aromatic heterocycles. The molecule has 1 aliphatic rings. The Morgan fingerprint density at radius 2 is 2.08 bits per heavy atom. The highest BCUT2D eigenvalue weighted by molar-refractivity contribution is 7.11. The van der Waals surface area contributed by atoms with Gasteiger partial charge in [-0.3, -0.25) is 4.79 Å². The summed E-state index contributed by atoms with van der Waals surface area (Å²) in [5.74, 6) is 0.780. The molecule has 0 radical (unpaired) electrons. The molecule has 1 fully saturated rings. The van der Waals surface area contributed by atoms with Gasteiger partial charge in [-0.05, 0) is 38.8 Å². The van der Waals surface area contributed by atoms with Crippen LogP contribution in [-0.2, 0) is 11.2 Å². The number of nitrogens with zero attached hydrogens (tertiary/aromatic N) is 2. The van der Waals surface area contributed by atoms with Gasteiger partial charge in [0.25, 0.3) is 0 Å². The maximum atomic E-state index is 11.8. The van der Waals surface area contributed by atoms with Crippen molar-refractivity contribution in [3.05, 3.63) is 21.9 Å². The molecule has 1 unspecified atom stereocenters. The number of guanidine groups is 1. The van der Waals surface area contributed by atoms with Crippen LogP contribution in [0.3, 0.4) is 0 Å². The molecule has 1 heterocycles. The lowest BCUT2D eigenvalue weighted by molar-refractivity contribution is -0.127. The molecule has 1 atom stereocenters. The summed E-state index contributed by atoms with van der Waals surface area (Å²) in [7, 11) is 3.52. The molecule has 0 aromatic carbocycles. The average Bonchev–Trinajstić information content (AvgIpc) is 3.16. The Bertz CT molecular complexity index is 561. The van der Waals surface area contributed by atoms with Crippen LogP contribution in [0.5, 0.6) is 0 Å². The molecule has 2 rings (SSSR count). The van der Waals surface area contributed by atoms with Crippen LogP contribution in [0.2, 0.25) is 0 Å². The van der Waals surface area contributed by atoms with E-state index < -0.39 is 0 Å². The lowest BCUT2D eigenvalue weighted by atomic mass is 10.2. The Morgan fingerprint density at radius 1 is 1.38 bits per heavy atom. The summed E-state index contributed by atoms with van der Waals surface area (Å²) in [6, 6.07) is 5.09. The number of carbonyl (C=O) groups is 1. The minimum absolute atomic E-state index is 0.0176. The topological polar surface area (TPSA) is 56.7 Å². The third-order valence-corrected chi connectivity index (χ3v) is 5.28. The zero-order valence-electron chi connectivity index (χ0n) is 15.3. The fourth-order valence-corrected chi connectivity index (χ4v) is 3.88. The van der Waals surface area contributed by atoms with Crippen LogP contribution in [0.4, 0.5) is 0 Å². The largest absolute Gasteiger partial charge is 0.354 e. The van der Waals surface area contributed by atoms with Gasteiger partial charge in [0.2, 0.25) is 5.91 Å². The van der Waals surface area contributed by atoms with E-state index in [1.54, 1.807) is 19.0 Å². The van der Waals surface area contributed by atoms with Crippen molar-refractivity contribution in [2.45, 2.75) is 58.0 Å². The number of thiophene rings is 1. The first-order valence-corrected chi connectivity index (χ1v) is 9.58. The minimum Gasteiger partial charge on any atom is -0.354 e. The van der Waals surface area contributed by atoms with Crippen LogP contribution in [0.25, 0.3) is 0 Å². The maximum absolute atomic E-state index is 11.8. The van der Waals surface area contributed by atoms with Gasteiger partial charge in [-0.25, -0.2) is 4.99 Å². The molecule has 24 heavy (non-hydrogen) atoms. The van der Waals surface area contributed by atoms with Gasteiger partial charge < -0.3 is 15.5 Å². The first kappa shape index (κ1) is 18.8. The first-order valence-electron chi connectivity index (χ1n) is 8.77. The number of nitrogens with one attached hydrogen (secondary N) is 2. The highest BCUT2D eigenvalue weighted by Gasteiger charge is 2.17. The first-order chi connectivity index (χ1) is 11.4. The van der Waals surface area contributed by atoms with Crippen molar-refractivity contribution in [2.24, 2.45) is 4.99 Å². The second-order valence-corrected chi connectivity index (χ2v) is 8.21. The standard InChI is InChI=1S/C18H30N4OS/c1-13(11-16-10-9-14(2)24-16)20-18(19-12-17(23)22(3)4)21-15-7-5-6-8-15/h9-10,13,15H,5-8,11-12H2,1-4H3,(H2,19,20,21). The van der Waals surface area contributed by atoms with Gasteiger partial charge in [0, 0.05) is 42.4 Å². The summed E-state index contributed by atoms with van der Waals surface area (Å²) in [6.45, 7) is 4.47. The number of amides is 1. The van der Waals surface area contributed by atoms with Gasteiger partial charge in [-0.15, -0.1) is 11.3 Å². The van der Waals surface area contributed by atoms with E-state index in [0.717, 1.165) is 12.4 Å². The Hall–Kier alpha value is -1.56. The van der Waals surface area contributed by atoms with Gasteiger partial charge in [-0.2, -0.15) is 0 Å². The summed E-state index contributed by atoms with van der Waals surface area (Å²) < 4.78 is 0. The van der Waals surface area contributed by atoms with Crippen LogP contribution >= 0.6 is 11.3 Å². The number of likely N-dealkylation sites (N-methyl/N-ethyl adjacent to an activating group) is 1.